The van der Waals surface area contributed by atoms with Crippen molar-refractivity contribution >= 4 is 7.60 Å². The van der Waals surface area contributed by atoms with Crippen molar-refractivity contribution in [1.29, 1.82) is 0 Å². The highest BCUT2D eigenvalue weighted by Gasteiger charge is 2.23. The molecule has 0 bridgehead atoms. The molecule has 0 saturated carbocycles. The second-order valence-electron chi connectivity index (χ2n) is 7.04. The quantitative estimate of drug-likeness (QED) is 0.206. The highest BCUT2D eigenvalue weighted by molar-refractivity contribution is 7.53. The van der Waals surface area contributed by atoms with Crippen LogP contribution in [0, 0.1) is 5.92 Å². The maximum absolute atomic E-state index is 12.7. The Morgan fingerprint density at radius 2 is 1.26 bits per heavy atom. The molecule has 0 spiro atoms. The van der Waals surface area contributed by atoms with Crippen LogP contribution in [0.25, 0.3) is 0 Å². The molecule has 0 aromatic rings. The lowest BCUT2D eigenvalue weighted by Crippen LogP contribution is -2.06. The van der Waals surface area contributed by atoms with Crippen molar-refractivity contribution in [3.8, 4) is 0 Å². The molecule has 0 radical (unpaired) electrons. The molecule has 4 heteroatoms. The van der Waals surface area contributed by atoms with Crippen molar-refractivity contribution in [2.24, 2.45) is 5.92 Å². The van der Waals surface area contributed by atoms with Gasteiger partial charge in [0, 0.05) is 0 Å². The van der Waals surface area contributed by atoms with Gasteiger partial charge in [0.25, 0.3) is 0 Å². The Morgan fingerprint density at radius 1 is 0.739 bits per heavy atom. The minimum absolute atomic E-state index is 0.390. The van der Waals surface area contributed by atoms with Crippen LogP contribution in [0.15, 0.2) is 0 Å². The lowest BCUT2D eigenvalue weighted by molar-refractivity contribution is 0.184. The van der Waals surface area contributed by atoms with E-state index in [0.29, 0.717) is 25.3 Å². The van der Waals surface area contributed by atoms with Gasteiger partial charge in [0.2, 0.25) is 0 Å². The van der Waals surface area contributed by atoms with Crippen LogP contribution in [0.5, 0.6) is 0 Å². The van der Waals surface area contributed by atoms with Gasteiger partial charge in [0.05, 0.1) is 19.4 Å². The average Bonchev–Trinajstić information content (AvgIpc) is 2.53. The summed E-state index contributed by atoms with van der Waals surface area (Å²) >= 11 is 0. The summed E-state index contributed by atoms with van der Waals surface area (Å²) in [5.74, 6) is 0.390. The third-order valence-electron chi connectivity index (χ3n) is 3.93. The average molecular weight is 349 g/mol. The number of hydrogen-bond acceptors (Lipinski definition) is 3. The number of rotatable bonds is 17. The molecule has 0 N–H and O–H groups in total. The summed E-state index contributed by atoms with van der Waals surface area (Å²) in [4.78, 5) is 0. The fourth-order valence-corrected chi connectivity index (χ4v) is 4.37. The van der Waals surface area contributed by atoms with E-state index in [0.717, 1.165) is 19.3 Å². The predicted octanol–water partition coefficient (Wildman–Crippen LogP) is 7.20. The summed E-state index contributed by atoms with van der Waals surface area (Å²) < 4.78 is 24.0. The molecule has 0 amide bonds. The Labute approximate surface area is 145 Å². The molecular formula is C19H41O3P. The predicted molar refractivity (Wildman–Crippen MR) is 101 cm³/mol. The summed E-state index contributed by atoms with van der Waals surface area (Å²) in [6.45, 7) is 9.61. The third-order valence-corrected chi connectivity index (χ3v) is 5.91. The van der Waals surface area contributed by atoms with Gasteiger partial charge < -0.3 is 9.05 Å². The van der Waals surface area contributed by atoms with Crippen molar-refractivity contribution in [2.45, 2.75) is 98.3 Å². The molecule has 0 aromatic heterocycles. The van der Waals surface area contributed by atoms with E-state index in [4.69, 9.17) is 9.05 Å². The maximum Gasteiger partial charge on any atom is 0.330 e. The summed E-state index contributed by atoms with van der Waals surface area (Å²) in [5.41, 5.74) is 0. The van der Waals surface area contributed by atoms with Gasteiger partial charge in [0.15, 0.2) is 0 Å². The molecule has 140 valence electrons. The Balaban J connectivity index is 3.71. The minimum atomic E-state index is -2.86. The molecule has 0 saturated heterocycles. The van der Waals surface area contributed by atoms with Crippen LogP contribution in [0.4, 0.5) is 0 Å². The summed E-state index contributed by atoms with van der Waals surface area (Å²) in [6, 6.07) is 0. The standard InChI is InChI=1S/C19H41O3P/c1-5-7-9-10-11-12-13-14-15-16-21-23(20,17-8-6-2)22-18-19(3)4/h19H,5-18H2,1-4H3. The maximum atomic E-state index is 12.7. The summed E-state index contributed by atoms with van der Waals surface area (Å²) in [7, 11) is -2.86. The van der Waals surface area contributed by atoms with E-state index in [-0.39, 0.29) is 0 Å². The van der Waals surface area contributed by atoms with Gasteiger partial charge in [-0.15, -0.1) is 0 Å². The van der Waals surface area contributed by atoms with Gasteiger partial charge in [-0.1, -0.05) is 85.5 Å². The van der Waals surface area contributed by atoms with Gasteiger partial charge >= 0.3 is 7.60 Å². The number of hydrogen-bond donors (Lipinski definition) is 0. The molecule has 0 heterocycles. The largest absolute Gasteiger partial charge is 0.330 e. The zero-order valence-corrected chi connectivity index (χ0v) is 17.0. The second kappa shape index (κ2) is 15.7. The van der Waals surface area contributed by atoms with Crippen molar-refractivity contribution in [3.05, 3.63) is 0 Å². The molecule has 0 aliphatic carbocycles. The van der Waals surface area contributed by atoms with E-state index < -0.39 is 7.60 Å². The van der Waals surface area contributed by atoms with E-state index in [1.54, 1.807) is 0 Å². The van der Waals surface area contributed by atoms with Gasteiger partial charge in [-0.25, -0.2) is 0 Å². The first-order valence-electron chi connectivity index (χ1n) is 9.92. The molecule has 23 heavy (non-hydrogen) atoms. The molecule has 0 aromatic carbocycles. The fourth-order valence-electron chi connectivity index (χ4n) is 2.40. The van der Waals surface area contributed by atoms with Crippen LogP contribution in [0.3, 0.4) is 0 Å². The van der Waals surface area contributed by atoms with E-state index in [1.807, 2.05) is 0 Å². The first kappa shape index (κ1) is 23.1. The molecular weight excluding hydrogens is 307 g/mol. The Hall–Kier alpha value is 0.150. The number of unbranched alkanes of at least 4 members (excludes halogenated alkanes) is 9. The van der Waals surface area contributed by atoms with E-state index >= 15 is 0 Å². The first-order valence-corrected chi connectivity index (χ1v) is 11.6. The topological polar surface area (TPSA) is 35.5 Å². The normalized spacial score (nSPS) is 14.3. The Bertz CT molecular complexity index is 292. The molecule has 1 atom stereocenters. The van der Waals surface area contributed by atoms with Gasteiger partial charge in [-0.2, -0.15) is 0 Å². The lowest BCUT2D eigenvalue weighted by atomic mass is 10.1. The van der Waals surface area contributed by atoms with Crippen molar-refractivity contribution < 1.29 is 13.6 Å². The van der Waals surface area contributed by atoms with Crippen LogP contribution in [0.2, 0.25) is 0 Å². The molecule has 0 rings (SSSR count). The highest BCUT2D eigenvalue weighted by Crippen LogP contribution is 2.49. The Kier molecular flexibility index (Phi) is 15.8. The van der Waals surface area contributed by atoms with E-state index in [1.165, 1.54) is 51.4 Å². The van der Waals surface area contributed by atoms with Gasteiger partial charge in [-0.3, -0.25) is 4.57 Å². The Morgan fingerprint density at radius 3 is 1.78 bits per heavy atom. The zero-order valence-electron chi connectivity index (χ0n) is 16.1. The van der Waals surface area contributed by atoms with Crippen LogP contribution >= 0.6 is 7.60 Å². The fraction of sp³-hybridized carbons (Fsp3) is 1.00. The lowest BCUT2D eigenvalue weighted by Gasteiger charge is -2.19. The molecule has 1 unspecified atom stereocenters. The van der Waals surface area contributed by atoms with E-state index in [9.17, 15) is 4.57 Å². The third kappa shape index (κ3) is 15.4. The van der Waals surface area contributed by atoms with Crippen molar-refractivity contribution in [3.63, 3.8) is 0 Å². The molecule has 0 aliphatic heterocycles. The van der Waals surface area contributed by atoms with Crippen molar-refractivity contribution in [1.82, 2.24) is 0 Å². The second-order valence-corrected chi connectivity index (χ2v) is 9.22. The zero-order chi connectivity index (χ0) is 17.4. The van der Waals surface area contributed by atoms with Gasteiger partial charge in [0.1, 0.15) is 0 Å². The SMILES string of the molecule is CCCCCCCCCCCOP(=O)(CCCC)OCC(C)C. The molecule has 0 fully saturated rings. The van der Waals surface area contributed by atoms with Crippen LogP contribution in [0.1, 0.15) is 98.3 Å². The summed E-state index contributed by atoms with van der Waals surface area (Å²) in [5, 5.41) is 0. The van der Waals surface area contributed by atoms with Crippen LogP contribution < -0.4 is 0 Å². The monoisotopic (exact) mass is 348 g/mol. The van der Waals surface area contributed by atoms with Crippen molar-refractivity contribution in [2.75, 3.05) is 19.4 Å². The molecule has 0 aliphatic rings. The first-order chi connectivity index (χ1) is 11.0. The van der Waals surface area contributed by atoms with Crippen LogP contribution in [-0.4, -0.2) is 19.4 Å². The minimum Gasteiger partial charge on any atom is -0.309 e. The summed E-state index contributed by atoms with van der Waals surface area (Å²) in [6.07, 6.45) is 14.0. The smallest absolute Gasteiger partial charge is 0.309 e. The van der Waals surface area contributed by atoms with Gasteiger partial charge in [-0.05, 0) is 18.8 Å². The molecule has 3 nitrogen and oxygen atoms in total. The van der Waals surface area contributed by atoms with E-state index in [2.05, 4.69) is 27.7 Å². The van der Waals surface area contributed by atoms with Crippen LogP contribution in [-0.2, 0) is 13.6 Å². The highest BCUT2D eigenvalue weighted by atomic mass is 31.2.